The van der Waals surface area contributed by atoms with Gasteiger partial charge in [0.05, 0.1) is 18.7 Å². The van der Waals surface area contributed by atoms with Crippen molar-refractivity contribution >= 4 is 18.0 Å². The van der Waals surface area contributed by atoms with Gasteiger partial charge in [-0.2, -0.15) is 0 Å². The Morgan fingerprint density at radius 1 is 1.36 bits per heavy atom. The summed E-state index contributed by atoms with van der Waals surface area (Å²) in [6.07, 6.45) is 0.968. The number of aliphatic carboxylic acids is 1. The standard InChI is InChI=1S/C18H19NO5.Na/c1-18(2,3)14-13(17(21)22)19-15(20)12(16(19)24-14)9-10-6-5-7-11(8-10)23-4;/h5-9,16H,1-4H3,(H,21,22);/q;+1/p-1/b12-9-;. The molecule has 25 heavy (non-hydrogen) atoms. The first kappa shape index (κ1) is 19.6. The average Bonchev–Trinajstić information content (AvgIpc) is 2.89. The average molecular weight is 351 g/mol. The molecular formula is C18H18NNaO5. The number of rotatable bonds is 3. The first-order chi connectivity index (χ1) is 11.2. The second kappa shape index (κ2) is 6.86. The van der Waals surface area contributed by atoms with Crippen molar-refractivity contribution in [1.29, 1.82) is 0 Å². The van der Waals surface area contributed by atoms with Crippen LogP contribution in [0.25, 0.3) is 6.08 Å². The van der Waals surface area contributed by atoms with Gasteiger partial charge in [0.1, 0.15) is 17.2 Å². The monoisotopic (exact) mass is 351 g/mol. The molecule has 1 atom stereocenters. The summed E-state index contributed by atoms with van der Waals surface area (Å²) < 4.78 is 10.9. The van der Waals surface area contributed by atoms with Crippen molar-refractivity contribution in [2.45, 2.75) is 27.0 Å². The van der Waals surface area contributed by atoms with Gasteiger partial charge in [0.2, 0.25) is 6.23 Å². The first-order valence-electron chi connectivity index (χ1n) is 7.56. The SMILES string of the molecule is COc1cccc(/C=C2/C(=O)N3C(C(=O)[O-])=C(C(C)(C)C)OC23)c1.[Na+]. The normalized spacial score (nSPS) is 20.6. The number of allylic oxidation sites excluding steroid dienone is 1. The Labute approximate surface area is 168 Å². The third-order valence-electron chi connectivity index (χ3n) is 3.94. The number of hydrogen-bond donors (Lipinski definition) is 0. The van der Waals surface area contributed by atoms with Crippen LogP contribution >= 0.6 is 0 Å². The molecule has 0 radical (unpaired) electrons. The third kappa shape index (κ3) is 3.34. The van der Waals surface area contributed by atoms with Crippen LogP contribution in [0.4, 0.5) is 0 Å². The van der Waals surface area contributed by atoms with Gasteiger partial charge in [0.25, 0.3) is 5.91 Å². The number of amides is 1. The molecule has 0 bridgehead atoms. The van der Waals surface area contributed by atoms with Gasteiger partial charge in [-0.3, -0.25) is 9.69 Å². The minimum absolute atomic E-state index is 0. The Morgan fingerprint density at radius 3 is 2.60 bits per heavy atom. The fourth-order valence-electron chi connectivity index (χ4n) is 2.80. The molecule has 1 aromatic carbocycles. The zero-order valence-corrected chi connectivity index (χ0v) is 17.0. The summed E-state index contributed by atoms with van der Waals surface area (Å²) in [4.78, 5) is 25.0. The predicted molar refractivity (Wildman–Crippen MR) is 84.2 cm³/mol. The van der Waals surface area contributed by atoms with Gasteiger partial charge < -0.3 is 19.4 Å². The number of nitrogens with zero attached hydrogens (tertiary/aromatic N) is 1. The largest absolute Gasteiger partial charge is 1.00 e. The summed E-state index contributed by atoms with van der Waals surface area (Å²) in [6, 6.07) is 7.23. The molecule has 0 saturated carbocycles. The Morgan fingerprint density at radius 2 is 2.04 bits per heavy atom. The minimum atomic E-state index is -1.41. The smallest absolute Gasteiger partial charge is 0.543 e. The number of carboxylic acid groups (broad SMARTS) is 1. The predicted octanol–water partition coefficient (Wildman–Crippen LogP) is -1.71. The summed E-state index contributed by atoms with van der Waals surface area (Å²) in [6.45, 7) is 5.48. The van der Waals surface area contributed by atoms with E-state index in [1.165, 1.54) is 0 Å². The van der Waals surface area contributed by atoms with Crippen molar-refractivity contribution < 1.29 is 53.7 Å². The maximum Gasteiger partial charge on any atom is 1.00 e. The van der Waals surface area contributed by atoms with Crippen molar-refractivity contribution in [3.63, 3.8) is 0 Å². The van der Waals surface area contributed by atoms with E-state index in [2.05, 4.69) is 0 Å². The van der Waals surface area contributed by atoms with E-state index in [-0.39, 0.29) is 46.9 Å². The Hall–Kier alpha value is -1.76. The fraction of sp³-hybridized carbons (Fsp3) is 0.333. The molecule has 2 aliphatic rings. The molecular weight excluding hydrogens is 333 g/mol. The zero-order valence-electron chi connectivity index (χ0n) is 15.0. The Bertz CT molecular complexity index is 791. The van der Waals surface area contributed by atoms with E-state index in [4.69, 9.17) is 9.47 Å². The molecule has 0 spiro atoms. The number of carbonyl (C=O) groups is 2. The molecule has 0 aromatic heterocycles. The number of hydrogen-bond acceptors (Lipinski definition) is 5. The number of ether oxygens (including phenoxy) is 2. The molecule has 3 rings (SSSR count). The molecule has 1 fully saturated rings. The van der Waals surface area contributed by atoms with Crippen LogP contribution in [0.5, 0.6) is 5.75 Å². The summed E-state index contributed by atoms with van der Waals surface area (Å²) in [5, 5.41) is 11.5. The van der Waals surface area contributed by atoms with Crippen LogP contribution in [-0.2, 0) is 14.3 Å². The number of carbonyl (C=O) groups excluding carboxylic acids is 2. The van der Waals surface area contributed by atoms with Crippen molar-refractivity contribution in [2.24, 2.45) is 5.41 Å². The van der Waals surface area contributed by atoms with E-state index in [1.54, 1.807) is 25.3 Å². The van der Waals surface area contributed by atoms with Crippen LogP contribution in [0.3, 0.4) is 0 Å². The minimum Gasteiger partial charge on any atom is -0.543 e. The van der Waals surface area contributed by atoms with Crippen molar-refractivity contribution in [3.05, 3.63) is 46.9 Å². The fourth-order valence-corrected chi connectivity index (χ4v) is 2.80. The molecule has 2 aliphatic heterocycles. The van der Waals surface area contributed by atoms with Crippen molar-refractivity contribution in [2.75, 3.05) is 7.11 Å². The van der Waals surface area contributed by atoms with E-state index < -0.39 is 17.6 Å². The molecule has 1 unspecified atom stereocenters. The second-order valence-electron chi connectivity index (χ2n) is 6.74. The van der Waals surface area contributed by atoms with Crippen LogP contribution in [0.15, 0.2) is 41.3 Å². The maximum absolute atomic E-state index is 12.4. The summed E-state index contributed by atoms with van der Waals surface area (Å²) in [5.74, 6) is -0.864. The molecule has 1 aromatic rings. The van der Waals surface area contributed by atoms with Gasteiger partial charge in [-0.1, -0.05) is 32.9 Å². The zero-order chi connectivity index (χ0) is 17.6. The number of β-lactam (4-membered cyclic amide) rings is 1. The quantitative estimate of drug-likeness (QED) is 0.368. The van der Waals surface area contributed by atoms with Gasteiger partial charge in [-0.25, -0.2) is 0 Å². The maximum atomic E-state index is 12.4. The van der Waals surface area contributed by atoms with Gasteiger partial charge in [-0.15, -0.1) is 0 Å². The third-order valence-corrected chi connectivity index (χ3v) is 3.94. The van der Waals surface area contributed by atoms with Gasteiger partial charge >= 0.3 is 29.6 Å². The van der Waals surface area contributed by atoms with Crippen LogP contribution in [0.1, 0.15) is 26.3 Å². The van der Waals surface area contributed by atoms with Crippen LogP contribution in [0.2, 0.25) is 0 Å². The topological polar surface area (TPSA) is 78.9 Å². The number of carboxylic acids is 1. The van der Waals surface area contributed by atoms with Crippen LogP contribution in [0, 0.1) is 5.41 Å². The number of benzene rings is 1. The van der Waals surface area contributed by atoms with E-state index in [1.807, 2.05) is 32.9 Å². The summed E-state index contributed by atoms with van der Waals surface area (Å²) in [7, 11) is 1.56. The number of methoxy groups -OCH3 is 1. The second-order valence-corrected chi connectivity index (χ2v) is 6.74. The van der Waals surface area contributed by atoms with Gasteiger partial charge in [-0.05, 0) is 23.8 Å². The Kier molecular flexibility index (Phi) is 5.37. The first-order valence-corrected chi connectivity index (χ1v) is 7.56. The summed E-state index contributed by atoms with van der Waals surface area (Å²) in [5.41, 5.74) is 0.454. The summed E-state index contributed by atoms with van der Waals surface area (Å²) >= 11 is 0. The molecule has 1 amide bonds. The van der Waals surface area contributed by atoms with E-state index >= 15 is 0 Å². The van der Waals surface area contributed by atoms with Gasteiger partial charge in [0, 0.05) is 5.41 Å². The molecule has 126 valence electrons. The van der Waals surface area contributed by atoms with Crippen molar-refractivity contribution in [3.8, 4) is 5.75 Å². The van der Waals surface area contributed by atoms with E-state index in [0.717, 1.165) is 10.5 Å². The molecule has 0 aliphatic carbocycles. The van der Waals surface area contributed by atoms with Gasteiger partial charge in [0.15, 0.2) is 0 Å². The molecule has 7 heteroatoms. The molecule has 0 N–H and O–H groups in total. The molecule has 1 saturated heterocycles. The van der Waals surface area contributed by atoms with E-state index in [0.29, 0.717) is 11.3 Å². The number of fused-ring (bicyclic) bond motifs is 1. The molecule has 2 heterocycles. The van der Waals surface area contributed by atoms with Crippen LogP contribution < -0.4 is 39.4 Å². The molecule has 6 nitrogen and oxygen atoms in total. The van der Waals surface area contributed by atoms with E-state index in [9.17, 15) is 14.7 Å². The van der Waals surface area contributed by atoms with Crippen molar-refractivity contribution in [1.82, 2.24) is 4.90 Å². The Balaban J connectivity index is 0.00000225. The van der Waals surface area contributed by atoms with Crippen LogP contribution in [-0.4, -0.2) is 30.1 Å².